The Morgan fingerprint density at radius 3 is 1.55 bits per heavy atom. The Kier molecular flexibility index (Phi) is 7.64. The SMILES string of the molecule is c1ccc(-c2cc(-c3ccccc3)c3sc4ccc(-c5nc(-c6ccccc6)nc(-c6ccc7c(c6)c6ccccc6n7-c6ccccc6)n5)cc4c3c2)cc1. The van der Waals surface area contributed by atoms with E-state index in [1.54, 1.807) is 0 Å². The molecular weight excluding hydrogens is 701 g/mol. The van der Waals surface area contributed by atoms with Gasteiger partial charge in [0.05, 0.1) is 11.0 Å². The van der Waals surface area contributed by atoms with Crippen LogP contribution < -0.4 is 0 Å². The molecule has 0 radical (unpaired) electrons. The fourth-order valence-corrected chi connectivity index (χ4v) is 9.16. The third-order valence-corrected chi connectivity index (χ3v) is 11.9. The van der Waals surface area contributed by atoms with Crippen LogP contribution in [-0.4, -0.2) is 19.5 Å². The Bertz CT molecular complexity index is 3230. The maximum atomic E-state index is 5.23. The summed E-state index contributed by atoms with van der Waals surface area (Å²) in [5.74, 6) is 1.93. The first kappa shape index (κ1) is 32.2. The third kappa shape index (κ3) is 5.48. The summed E-state index contributed by atoms with van der Waals surface area (Å²) in [7, 11) is 0. The maximum absolute atomic E-state index is 5.23. The molecule has 11 aromatic rings. The first-order valence-electron chi connectivity index (χ1n) is 18.8. The number of fused-ring (bicyclic) bond motifs is 6. The summed E-state index contributed by atoms with van der Waals surface area (Å²) >= 11 is 1.84. The van der Waals surface area contributed by atoms with Gasteiger partial charge in [0.15, 0.2) is 17.5 Å². The molecule has 56 heavy (non-hydrogen) atoms. The van der Waals surface area contributed by atoms with E-state index >= 15 is 0 Å². The Hall–Kier alpha value is -7.21. The molecule has 0 N–H and O–H groups in total. The van der Waals surface area contributed by atoms with Crippen molar-refractivity contribution in [2.45, 2.75) is 0 Å². The van der Waals surface area contributed by atoms with Crippen LogP contribution in [0.15, 0.2) is 194 Å². The summed E-state index contributed by atoms with van der Waals surface area (Å²) in [4.78, 5) is 15.5. The molecule has 3 aromatic heterocycles. The number of hydrogen-bond donors (Lipinski definition) is 0. The van der Waals surface area contributed by atoms with Crippen LogP contribution in [0.5, 0.6) is 0 Å². The first-order valence-corrected chi connectivity index (χ1v) is 19.6. The second kappa shape index (κ2) is 13.3. The topological polar surface area (TPSA) is 43.6 Å². The van der Waals surface area contributed by atoms with Gasteiger partial charge in [0.1, 0.15) is 0 Å². The highest BCUT2D eigenvalue weighted by Crippen LogP contribution is 2.44. The van der Waals surface area contributed by atoms with Gasteiger partial charge in [-0.15, -0.1) is 11.3 Å². The largest absolute Gasteiger partial charge is 0.309 e. The van der Waals surface area contributed by atoms with E-state index in [-0.39, 0.29) is 0 Å². The van der Waals surface area contributed by atoms with Gasteiger partial charge in [0, 0.05) is 58.9 Å². The van der Waals surface area contributed by atoms with Crippen molar-refractivity contribution < 1.29 is 0 Å². The lowest BCUT2D eigenvalue weighted by molar-refractivity contribution is 1.07. The van der Waals surface area contributed by atoms with Crippen molar-refractivity contribution in [3.8, 4) is 62.1 Å². The van der Waals surface area contributed by atoms with E-state index in [9.17, 15) is 0 Å². The zero-order valence-corrected chi connectivity index (χ0v) is 31.0. The van der Waals surface area contributed by atoms with Gasteiger partial charge >= 0.3 is 0 Å². The van der Waals surface area contributed by atoms with Gasteiger partial charge in [-0.25, -0.2) is 15.0 Å². The van der Waals surface area contributed by atoms with Crippen LogP contribution in [0.25, 0.3) is 104 Å². The van der Waals surface area contributed by atoms with Crippen LogP contribution >= 0.6 is 11.3 Å². The van der Waals surface area contributed by atoms with Crippen molar-refractivity contribution in [3.05, 3.63) is 194 Å². The summed E-state index contributed by atoms with van der Waals surface area (Å²) in [6.45, 7) is 0. The van der Waals surface area contributed by atoms with Crippen molar-refractivity contribution in [1.29, 1.82) is 0 Å². The van der Waals surface area contributed by atoms with Gasteiger partial charge in [-0.3, -0.25) is 0 Å². The Morgan fingerprint density at radius 1 is 0.339 bits per heavy atom. The molecule has 0 aliphatic carbocycles. The zero-order chi connectivity index (χ0) is 37.0. The molecule has 0 saturated carbocycles. The lowest BCUT2D eigenvalue weighted by Crippen LogP contribution is -2.00. The monoisotopic (exact) mass is 732 g/mol. The van der Waals surface area contributed by atoms with Gasteiger partial charge in [-0.1, -0.05) is 127 Å². The van der Waals surface area contributed by atoms with Crippen LogP contribution in [0.2, 0.25) is 0 Å². The van der Waals surface area contributed by atoms with E-state index in [4.69, 9.17) is 15.0 Å². The molecule has 0 spiro atoms. The van der Waals surface area contributed by atoms with Crippen LogP contribution in [-0.2, 0) is 0 Å². The molecule has 0 unspecified atom stereocenters. The molecule has 8 aromatic carbocycles. The second-order valence-corrected chi connectivity index (χ2v) is 15.1. The zero-order valence-electron chi connectivity index (χ0n) is 30.2. The van der Waals surface area contributed by atoms with Gasteiger partial charge in [0.2, 0.25) is 0 Å². The minimum absolute atomic E-state index is 0.639. The number of nitrogens with zero attached hydrogens (tertiary/aromatic N) is 4. The summed E-state index contributed by atoms with van der Waals surface area (Å²) < 4.78 is 4.83. The highest BCUT2D eigenvalue weighted by molar-refractivity contribution is 7.26. The molecule has 0 fully saturated rings. The molecular formula is C51H32N4S. The number of aromatic nitrogens is 4. The molecule has 4 nitrogen and oxygen atoms in total. The fourth-order valence-electron chi connectivity index (χ4n) is 7.96. The van der Waals surface area contributed by atoms with Crippen molar-refractivity contribution >= 4 is 53.3 Å². The lowest BCUT2D eigenvalue weighted by Gasteiger charge is -2.10. The molecule has 0 aliphatic heterocycles. The molecule has 0 bridgehead atoms. The van der Waals surface area contributed by atoms with E-state index in [0.717, 1.165) is 38.8 Å². The smallest absolute Gasteiger partial charge is 0.164 e. The van der Waals surface area contributed by atoms with Gasteiger partial charge in [-0.05, 0) is 83.4 Å². The Morgan fingerprint density at radius 2 is 0.857 bits per heavy atom. The van der Waals surface area contributed by atoms with E-state index in [0.29, 0.717) is 17.5 Å². The number of rotatable bonds is 6. The molecule has 262 valence electrons. The third-order valence-electron chi connectivity index (χ3n) is 10.6. The number of para-hydroxylation sites is 2. The number of thiophene rings is 1. The molecule has 0 aliphatic rings. The van der Waals surface area contributed by atoms with Gasteiger partial charge in [0.25, 0.3) is 0 Å². The molecule has 0 amide bonds. The van der Waals surface area contributed by atoms with Crippen LogP contribution in [0.3, 0.4) is 0 Å². The van der Waals surface area contributed by atoms with E-state index in [1.807, 2.05) is 29.5 Å². The average molecular weight is 733 g/mol. The molecule has 11 rings (SSSR count). The van der Waals surface area contributed by atoms with Crippen molar-refractivity contribution in [3.63, 3.8) is 0 Å². The highest BCUT2D eigenvalue weighted by Gasteiger charge is 2.19. The van der Waals surface area contributed by atoms with E-state index in [2.05, 4.69) is 180 Å². The average Bonchev–Trinajstić information content (AvgIpc) is 3.82. The number of hydrogen-bond acceptors (Lipinski definition) is 4. The minimum atomic E-state index is 0.639. The van der Waals surface area contributed by atoms with Gasteiger partial charge < -0.3 is 4.57 Å². The summed E-state index contributed by atoms with van der Waals surface area (Å²) in [6.07, 6.45) is 0. The molecule has 0 atom stereocenters. The first-order chi connectivity index (χ1) is 27.7. The molecule has 0 saturated heterocycles. The maximum Gasteiger partial charge on any atom is 0.164 e. The fraction of sp³-hybridized carbons (Fsp3) is 0. The molecule has 5 heteroatoms. The van der Waals surface area contributed by atoms with E-state index < -0.39 is 0 Å². The Balaban J connectivity index is 1.11. The summed E-state index contributed by atoms with van der Waals surface area (Å²) in [5.41, 5.74) is 11.1. The normalized spacial score (nSPS) is 11.6. The summed E-state index contributed by atoms with van der Waals surface area (Å²) in [5, 5.41) is 4.76. The van der Waals surface area contributed by atoms with Crippen molar-refractivity contribution in [2.24, 2.45) is 0 Å². The second-order valence-electron chi connectivity index (χ2n) is 14.0. The minimum Gasteiger partial charge on any atom is -0.309 e. The Labute approximate surface area is 327 Å². The van der Waals surface area contributed by atoms with Crippen LogP contribution in [0.4, 0.5) is 0 Å². The van der Waals surface area contributed by atoms with Crippen LogP contribution in [0.1, 0.15) is 0 Å². The predicted molar refractivity (Wildman–Crippen MR) is 234 cm³/mol. The standard InChI is InChI=1S/C51H32N4S/c1-5-15-33(16-6-1)38-31-41(34-17-7-2-8-18-34)48-44(32-38)43-30-37(26-28-47(43)56-48)51-53-49(35-19-9-3-10-20-35)52-50(54-51)36-25-27-46-42(29-36)40-23-13-14-24-45(40)55(46)39-21-11-4-12-22-39/h1-32H. The van der Waals surface area contributed by atoms with Crippen molar-refractivity contribution in [1.82, 2.24) is 19.5 Å². The van der Waals surface area contributed by atoms with Crippen molar-refractivity contribution in [2.75, 3.05) is 0 Å². The van der Waals surface area contributed by atoms with Crippen LogP contribution in [0, 0.1) is 0 Å². The predicted octanol–water partition coefficient (Wildman–Crippen LogP) is 13.7. The molecule has 3 heterocycles. The quantitative estimate of drug-likeness (QED) is 0.171. The van der Waals surface area contributed by atoms with Gasteiger partial charge in [-0.2, -0.15) is 0 Å². The highest BCUT2D eigenvalue weighted by atomic mass is 32.1. The number of benzene rings is 8. The van der Waals surface area contributed by atoms with E-state index in [1.165, 1.54) is 47.8 Å². The lowest BCUT2D eigenvalue weighted by atomic mass is 9.96. The summed E-state index contributed by atoms with van der Waals surface area (Å²) in [6, 6.07) is 68.6.